The van der Waals surface area contributed by atoms with Crippen LogP contribution in [-0.2, 0) is 13.0 Å². The lowest BCUT2D eigenvalue weighted by Gasteiger charge is -2.43. The third-order valence-electron chi connectivity index (χ3n) is 4.08. The summed E-state index contributed by atoms with van der Waals surface area (Å²) < 4.78 is 0. The highest BCUT2D eigenvalue weighted by Crippen LogP contribution is 2.23. The molecular formula is C14H20N2O2. The number of nitrogens with one attached hydrogen (secondary N) is 1. The van der Waals surface area contributed by atoms with E-state index in [-0.39, 0.29) is 6.04 Å². The van der Waals surface area contributed by atoms with Crippen molar-refractivity contribution in [2.24, 2.45) is 0 Å². The van der Waals surface area contributed by atoms with E-state index in [1.54, 1.807) is 0 Å². The molecule has 0 aliphatic carbocycles. The van der Waals surface area contributed by atoms with Gasteiger partial charge in [-0.1, -0.05) is 24.3 Å². The number of hydrogen-bond donors (Lipinski definition) is 3. The molecule has 0 radical (unpaired) electrons. The first-order chi connectivity index (χ1) is 8.75. The van der Waals surface area contributed by atoms with E-state index in [0.29, 0.717) is 13.1 Å². The average molecular weight is 248 g/mol. The van der Waals surface area contributed by atoms with Gasteiger partial charge in [-0.3, -0.25) is 4.90 Å². The molecule has 2 aliphatic heterocycles. The third kappa shape index (κ3) is 2.17. The maximum absolute atomic E-state index is 10.1. The Labute approximate surface area is 107 Å². The second-order valence-electron chi connectivity index (χ2n) is 5.27. The number of aliphatic hydroxyl groups excluding tert-OH is 2. The van der Waals surface area contributed by atoms with Crippen LogP contribution in [0.2, 0.25) is 0 Å². The van der Waals surface area contributed by atoms with Gasteiger partial charge in [0.05, 0.1) is 18.2 Å². The molecule has 4 heteroatoms. The molecule has 18 heavy (non-hydrogen) atoms. The molecule has 98 valence electrons. The lowest BCUT2D eigenvalue weighted by molar-refractivity contribution is -0.0515. The number of rotatable bonds is 1. The van der Waals surface area contributed by atoms with Gasteiger partial charge in [0.1, 0.15) is 0 Å². The van der Waals surface area contributed by atoms with E-state index in [4.69, 9.17) is 0 Å². The second kappa shape index (κ2) is 4.97. The standard InChI is InChI=1S/C14H20N2O2/c17-12-7-15-8-13(18)14(12)16-6-5-10-3-1-2-4-11(10)9-16/h1-4,12-15,17-18H,5-9H2/t12-,13+,14+. The van der Waals surface area contributed by atoms with E-state index in [1.165, 1.54) is 11.1 Å². The number of nitrogens with zero attached hydrogens (tertiary/aromatic N) is 1. The van der Waals surface area contributed by atoms with Crippen molar-refractivity contribution >= 4 is 0 Å². The molecule has 0 spiro atoms. The smallest absolute Gasteiger partial charge is 0.0845 e. The van der Waals surface area contributed by atoms with Crippen molar-refractivity contribution in [3.8, 4) is 0 Å². The molecule has 0 bridgehead atoms. The van der Waals surface area contributed by atoms with Gasteiger partial charge in [0.2, 0.25) is 0 Å². The van der Waals surface area contributed by atoms with Crippen LogP contribution in [0.1, 0.15) is 11.1 Å². The van der Waals surface area contributed by atoms with E-state index >= 15 is 0 Å². The van der Waals surface area contributed by atoms with Crippen molar-refractivity contribution in [1.29, 1.82) is 0 Å². The molecule has 1 aromatic rings. The summed E-state index contributed by atoms with van der Waals surface area (Å²) in [5.74, 6) is 0. The van der Waals surface area contributed by atoms with Crippen molar-refractivity contribution in [2.75, 3.05) is 19.6 Å². The maximum atomic E-state index is 10.1. The molecule has 3 rings (SSSR count). The van der Waals surface area contributed by atoms with E-state index < -0.39 is 12.2 Å². The summed E-state index contributed by atoms with van der Waals surface area (Å²) >= 11 is 0. The Morgan fingerprint density at radius 3 is 2.44 bits per heavy atom. The Balaban J connectivity index is 1.78. The van der Waals surface area contributed by atoms with Crippen molar-refractivity contribution in [1.82, 2.24) is 10.2 Å². The first kappa shape index (κ1) is 12.1. The van der Waals surface area contributed by atoms with Crippen LogP contribution in [-0.4, -0.2) is 53.0 Å². The number of aliphatic hydroxyl groups is 2. The van der Waals surface area contributed by atoms with E-state index in [0.717, 1.165) is 19.5 Å². The van der Waals surface area contributed by atoms with Gasteiger partial charge in [-0.15, -0.1) is 0 Å². The zero-order valence-electron chi connectivity index (χ0n) is 10.4. The van der Waals surface area contributed by atoms with Gasteiger partial charge in [0, 0.05) is 26.2 Å². The second-order valence-corrected chi connectivity index (χ2v) is 5.27. The van der Waals surface area contributed by atoms with Gasteiger partial charge < -0.3 is 15.5 Å². The molecular weight excluding hydrogens is 228 g/mol. The van der Waals surface area contributed by atoms with Crippen LogP contribution in [0.5, 0.6) is 0 Å². The van der Waals surface area contributed by atoms with Crippen LogP contribution in [0, 0.1) is 0 Å². The lowest BCUT2D eigenvalue weighted by Crippen LogP contribution is -2.61. The Bertz CT molecular complexity index is 414. The highest BCUT2D eigenvalue weighted by atomic mass is 16.3. The fraction of sp³-hybridized carbons (Fsp3) is 0.571. The molecule has 2 aliphatic rings. The Kier molecular flexibility index (Phi) is 3.35. The minimum atomic E-state index is -0.487. The minimum Gasteiger partial charge on any atom is -0.390 e. The van der Waals surface area contributed by atoms with E-state index in [2.05, 4.69) is 34.5 Å². The number of β-amino-alcohol motifs (C(OH)–C–C–N with tert-alkyl or cyclic N) is 2. The van der Waals surface area contributed by atoms with Crippen molar-refractivity contribution < 1.29 is 10.2 Å². The average Bonchev–Trinajstić information content (AvgIpc) is 2.38. The van der Waals surface area contributed by atoms with Crippen LogP contribution in [0.3, 0.4) is 0 Å². The minimum absolute atomic E-state index is 0.139. The van der Waals surface area contributed by atoms with Crippen molar-refractivity contribution in [2.45, 2.75) is 31.2 Å². The van der Waals surface area contributed by atoms with Gasteiger partial charge in [0.15, 0.2) is 0 Å². The van der Waals surface area contributed by atoms with Gasteiger partial charge in [-0.05, 0) is 17.5 Å². The fourth-order valence-electron chi connectivity index (χ4n) is 3.14. The summed E-state index contributed by atoms with van der Waals surface area (Å²) in [6.07, 6.45) is 0.0255. The predicted molar refractivity (Wildman–Crippen MR) is 69.2 cm³/mol. The molecule has 3 atom stereocenters. The Morgan fingerprint density at radius 1 is 1.06 bits per heavy atom. The summed E-state index contributed by atoms with van der Waals surface area (Å²) in [4.78, 5) is 2.22. The van der Waals surface area contributed by atoms with Gasteiger partial charge in [-0.25, -0.2) is 0 Å². The Hall–Kier alpha value is -0.940. The predicted octanol–water partition coefficient (Wildman–Crippen LogP) is -0.262. The van der Waals surface area contributed by atoms with Crippen LogP contribution in [0.4, 0.5) is 0 Å². The maximum Gasteiger partial charge on any atom is 0.0845 e. The normalized spacial score (nSPS) is 33.1. The zero-order chi connectivity index (χ0) is 12.5. The lowest BCUT2D eigenvalue weighted by atomic mass is 9.93. The number of fused-ring (bicyclic) bond motifs is 1. The van der Waals surface area contributed by atoms with Gasteiger partial charge in [0.25, 0.3) is 0 Å². The first-order valence-electron chi connectivity index (χ1n) is 6.63. The third-order valence-corrected chi connectivity index (χ3v) is 4.08. The molecule has 1 saturated heterocycles. The van der Waals surface area contributed by atoms with E-state index in [1.807, 2.05) is 0 Å². The monoisotopic (exact) mass is 248 g/mol. The van der Waals surface area contributed by atoms with Crippen LogP contribution >= 0.6 is 0 Å². The molecule has 0 unspecified atom stereocenters. The van der Waals surface area contributed by atoms with Gasteiger partial charge >= 0.3 is 0 Å². The molecule has 0 aromatic heterocycles. The molecule has 0 amide bonds. The summed E-state index contributed by atoms with van der Waals surface area (Å²) in [5, 5.41) is 23.2. The first-order valence-corrected chi connectivity index (χ1v) is 6.63. The van der Waals surface area contributed by atoms with Crippen LogP contribution in [0.25, 0.3) is 0 Å². The highest BCUT2D eigenvalue weighted by Gasteiger charge is 2.36. The topological polar surface area (TPSA) is 55.7 Å². The molecule has 1 aromatic carbocycles. The summed E-state index contributed by atoms with van der Waals surface area (Å²) in [6.45, 7) is 2.88. The van der Waals surface area contributed by atoms with E-state index in [9.17, 15) is 10.2 Å². The molecule has 2 heterocycles. The SMILES string of the molecule is O[C@@H]1CNC[C@H](O)[C@H]1N1CCc2ccccc2C1. The zero-order valence-corrected chi connectivity index (χ0v) is 10.4. The largest absolute Gasteiger partial charge is 0.390 e. The molecule has 0 saturated carbocycles. The van der Waals surface area contributed by atoms with Crippen molar-refractivity contribution in [3.63, 3.8) is 0 Å². The number of piperidine rings is 1. The van der Waals surface area contributed by atoms with Gasteiger partial charge in [-0.2, -0.15) is 0 Å². The van der Waals surface area contributed by atoms with Crippen LogP contribution in [0.15, 0.2) is 24.3 Å². The quantitative estimate of drug-likeness (QED) is 0.641. The highest BCUT2D eigenvalue weighted by molar-refractivity contribution is 5.29. The fourth-order valence-corrected chi connectivity index (χ4v) is 3.14. The summed E-state index contributed by atoms with van der Waals surface area (Å²) in [7, 11) is 0. The Morgan fingerprint density at radius 2 is 1.72 bits per heavy atom. The van der Waals surface area contributed by atoms with Crippen LogP contribution < -0.4 is 5.32 Å². The summed E-state index contributed by atoms with van der Waals surface area (Å²) in [6, 6.07) is 8.29. The van der Waals surface area contributed by atoms with Crippen molar-refractivity contribution in [3.05, 3.63) is 35.4 Å². The molecule has 4 nitrogen and oxygen atoms in total. The molecule has 3 N–H and O–H groups in total. The molecule has 1 fully saturated rings. The summed E-state index contributed by atoms with van der Waals surface area (Å²) in [5.41, 5.74) is 2.72. The number of benzene rings is 1. The number of hydrogen-bond acceptors (Lipinski definition) is 4.